The minimum absolute atomic E-state index is 0.0702. The number of urea groups is 1. The van der Waals surface area contributed by atoms with Gasteiger partial charge >= 0.3 is 12.2 Å². The van der Waals surface area contributed by atoms with Crippen LogP contribution in [0.4, 0.5) is 23.1 Å². The topological polar surface area (TPSA) is 58.1 Å². The van der Waals surface area contributed by atoms with Crippen LogP contribution in [-0.4, -0.2) is 39.4 Å². The zero-order valence-corrected chi connectivity index (χ0v) is 12.1. The van der Waals surface area contributed by atoms with E-state index < -0.39 is 23.7 Å². The van der Waals surface area contributed by atoms with Crippen molar-refractivity contribution in [3.05, 3.63) is 5.01 Å². The number of hydrogen-bond donors (Lipinski definition) is 1. The average molecular weight is 308 g/mol. The number of hydrogen-bond acceptors (Lipinski definition) is 4. The van der Waals surface area contributed by atoms with Crippen LogP contribution >= 0.6 is 11.3 Å². The zero-order chi connectivity index (χ0) is 15.1. The molecule has 0 aromatic carbocycles. The summed E-state index contributed by atoms with van der Waals surface area (Å²) in [4.78, 5) is 13.3. The number of alkyl halides is 3. The van der Waals surface area contributed by atoms with Gasteiger partial charge in [-0.2, -0.15) is 13.2 Å². The van der Waals surface area contributed by atoms with Gasteiger partial charge in [0, 0.05) is 6.54 Å². The van der Waals surface area contributed by atoms with E-state index in [4.69, 9.17) is 0 Å². The summed E-state index contributed by atoms with van der Waals surface area (Å²) in [5, 5.41) is 10.9. The summed E-state index contributed by atoms with van der Waals surface area (Å²) >= 11 is 1.18. The third-order valence-electron chi connectivity index (χ3n) is 3.57. The molecule has 0 saturated carbocycles. The van der Waals surface area contributed by atoms with Gasteiger partial charge in [0.1, 0.15) is 5.01 Å². The standard InChI is InChI=1S/C11H15F3N4OS/c1-6-16-17-8(20-6)15-9(19)18-5-4-7(10(18,2)3)11(12,13)14/h7H,4-5H2,1-3H3,(H,15,17,19). The number of carbonyl (C=O) groups excluding carboxylic acids is 1. The molecule has 0 spiro atoms. The van der Waals surface area contributed by atoms with Crippen LogP contribution < -0.4 is 5.32 Å². The fraction of sp³-hybridized carbons (Fsp3) is 0.727. The lowest BCUT2D eigenvalue weighted by atomic mass is 9.88. The summed E-state index contributed by atoms with van der Waals surface area (Å²) in [6.07, 6.45) is -4.39. The number of rotatable bonds is 1. The first-order valence-corrected chi connectivity index (χ1v) is 6.89. The number of amides is 2. The van der Waals surface area contributed by atoms with Gasteiger partial charge in [-0.3, -0.25) is 5.32 Å². The lowest BCUT2D eigenvalue weighted by Crippen LogP contribution is -2.51. The van der Waals surface area contributed by atoms with E-state index in [1.807, 2.05) is 0 Å². The maximum absolute atomic E-state index is 12.9. The van der Waals surface area contributed by atoms with Gasteiger partial charge in [0.05, 0.1) is 11.5 Å². The van der Waals surface area contributed by atoms with Crippen molar-refractivity contribution in [2.45, 2.75) is 38.9 Å². The Balaban J connectivity index is 2.11. The smallest absolute Gasteiger partial charge is 0.319 e. The molecule has 1 atom stereocenters. The van der Waals surface area contributed by atoms with Crippen LogP contribution in [0, 0.1) is 12.8 Å². The Morgan fingerprint density at radius 2 is 2.10 bits per heavy atom. The van der Waals surface area contributed by atoms with Crippen LogP contribution in [-0.2, 0) is 0 Å². The van der Waals surface area contributed by atoms with E-state index in [-0.39, 0.29) is 13.0 Å². The van der Waals surface area contributed by atoms with Crippen molar-refractivity contribution < 1.29 is 18.0 Å². The number of likely N-dealkylation sites (tertiary alicyclic amines) is 1. The van der Waals surface area contributed by atoms with Crippen molar-refractivity contribution in [1.82, 2.24) is 15.1 Å². The Bertz CT molecular complexity index is 514. The monoisotopic (exact) mass is 308 g/mol. The van der Waals surface area contributed by atoms with Crippen LogP contribution in [0.1, 0.15) is 25.3 Å². The minimum atomic E-state index is -4.31. The molecule has 2 rings (SSSR count). The van der Waals surface area contributed by atoms with E-state index in [0.29, 0.717) is 10.1 Å². The Labute approximate surface area is 118 Å². The lowest BCUT2D eigenvalue weighted by Gasteiger charge is -2.36. The van der Waals surface area contributed by atoms with Crippen molar-refractivity contribution >= 4 is 22.5 Å². The molecule has 1 saturated heterocycles. The molecule has 0 bridgehead atoms. The first-order valence-electron chi connectivity index (χ1n) is 6.08. The van der Waals surface area contributed by atoms with Crippen LogP contribution in [0.2, 0.25) is 0 Å². The van der Waals surface area contributed by atoms with Gasteiger partial charge in [0.15, 0.2) is 0 Å². The van der Waals surface area contributed by atoms with Gasteiger partial charge in [-0.25, -0.2) is 4.79 Å². The summed E-state index contributed by atoms with van der Waals surface area (Å²) in [6.45, 7) is 4.67. The van der Waals surface area contributed by atoms with E-state index in [1.165, 1.54) is 30.1 Å². The third kappa shape index (κ3) is 2.72. The fourth-order valence-electron chi connectivity index (χ4n) is 2.52. The molecular formula is C11H15F3N4OS. The molecule has 2 amide bonds. The van der Waals surface area contributed by atoms with Gasteiger partial charge in [-0.15, -0.1) is 10.2 Å². The first-order chi connectivity index (χ1) is 9.12. The van der Waals surface area contributed by atoms with E-state index in [2.05, 4.69) is 15.5 Å². The van der Waals surface area contributed by atoms with Crippen LogP contribution in [0.5, 0.6) is 0 Å². The molecule has 1 aromatic rings. The zero-order valence-electron chi connectivity index (χ0n) is 11.3. The molecule has 1 unspecified atom stereocenters. The van der Waals surface area contributed by atoms with Crippen LogP contribution in [0.25, 0.3) is 0 Å². The van der Waals surface area contributed by atoms with E-state index in [0.717, 1.165) is 0 Å². The SMILES string of the molecule is Cc1nnc(NC(=O)N2CCC(C(F)(F)F)C2(C)C)s1. The van der Waals surface area contributed by atoms with Crippen LogP contribution in [0.3, 0.4) is 0 Å². The summed E-state index contributed by atoms with van der Waals surface area (Å²) in [5.74, 6) is -1.52. The average Bonchev–Trinajstić information content (AvgIpc) is 2.80. The molecular weight excluding hydrogens is 293 g/mol. The normalized spacial score (nSPS) is 22.1. The molecule has 1 N–H and O–H groups in total. The molecule has 1 aliphatic heterocycles. The second-order valence-electron chi connectivity index (χ2n) is 5.24. The molecule has 2 heterocycles. The quantitative estimate of drug-likeness (QED) is 0.867. The molecule has 1 aliphatic rings. The molecule has 5 nitrogen and oxygen atoms in total. The van der Waals surface area contributed by atoms with Gasteiger partial charge in [-0.05, 0) is 27.2 Å². The number of carbonyl (C=O) groups is 1. The second kappa shape index (κ2) is 4.87. The lowest BCUT2D eigenvalue weighted by molar-refractivity contribution is -0.189. The predicted molar refractivity (Wildman–Crippen MR) is 68.6 cm³/mol. The molecule has 112 valence electrons. The number of aromatic nitrogens is 2. The number of anilines is 1. The number of nitrogens with zero attached hydrogens (tertiary/aromatic N) is 3. The Morgan fingerprint density at radius 1 is 1.45 bits per heavy atom. The maximum Gasteiger partial charge on any atom is 0.394 e. The van der Waals surface area contributed by atoms with Crippen molar-refractivity contribution in [2.75, 3.05) is 11.9 Å². The summed E-state index contributed by atoms with van der Waals surface area (Å²) in [5.41, 5.74) is -1.28. The number of aryl methyl sites for hydroxylation is 1. The summed E-state index contributed by atoms with van der Waals surface area (Å²) < 4.78 is 38.8. The van der Waals surface area contributed by atoms with Gasteiger partial charge in [0.2, 0.25) is 5.13 Å². The van der Waals surface area contributed by atoms with Crippen LogP contribution in [0.15, 0.2) is 0 Å². The largest absolute Gasteiger partial charge is 0.394 e. The minimum Gasteiger partial charge on any atom is -0.319 e. The van der Waals surface area contributed by atoms with Crippen molar-refractivity contribution in [3.63, 3.8) is 0 Å². The Morgan fingerprint density at radius 3 is 2.55 bits per heavy atom. The predicted octanol–water partition coefficient (Wildman–Crippen LogP) is 3.04. The highest BCUT2D eigenvalue weighted by atomic mass is 32.1. The van der Waals surface area contributed by atoms with Crippen molar-refractivity contribution in [3.8, 4) is 0 Å². The second-order valence-corrected chi connectivity index (χ2v) is 6.43. The number of nitrogens with one attached hydrogen (secondary N) is 1. The molecule has 20 heavy (non-hydrogen) atoms. The van der Waals surface area contributed by atoms with Crippen molar-refractivity contribution in [2.24, 2.45) is 5.92 Å². The summed E-state index contributed by atoms with van der Waals surface area (Å²) in [7, 11) is 0. The highest BCUT2D eigenvalue weighted by molar-refractivity contribution is 7.15. The van der Waals surface area contributed by atoms with E-state index in [1.54, 1.807) is 6.92 Å². The van der Waals surface area contributed by atoms with E-state index >= 15 is 0 Å². The molecule has 1 fully saturated rings. The van der Waals surface area contributed by atoms with E-state index in [9.17, 15) is 18.0 Å². The fourth-order valence-corrected chi connectivity index (χ4v) is 3.10. The Kier molecular flexibility index (Phi) is 3.66. The van der Waals surface area contributed by atoms with Gasteiger partial charge in [-0.1, -0.05) is 11.3 Å². The van der Waals surface area contributed by atoms with Gasteiger partial charge in [0.25, 0.3) is 0 Å². The molecule has 0 radical (unpaired) electrons. The van der Waals surface area contributed by atoms with Crippen molar-refractivity contribution in [1.29, 1.82) is 0 Å². The molecule has 0 aliphatic carbocycles. The highest BCUT2D eigenvalue weighted by Crippen LogP contribution is 2.44. The first kappa shape index (κ1) is 15.0. The highest BCUT2D eigenvalue weighted by Gasteiger charge is 2.56. The van der Waals surface area contributed by atoms with Gasteiger partial charge < -0.3 is 4.90 Å². The maximum atomic E-state index is 12.9. The third-order valence-corrected chi connectivity index (χ3v) is 4.32. The number of halogens is 3. The Hall–Kier alpha value is -1.38. The molecule has 1 aromatic heterocycles. The molecule has 9 heteroatoms. The summed E-state index contributed by atoms with van der Waals surface area (Å²) in [6, 6.07) is -0.571.